The second-order valence-corrected chi connectivity index (χ2v) is 7.19. The topological polar surface area (TPSA) is 54.2 Å². The first-order valence-electron chi connectivity index (χ1n) is 9.02. The summed E-state index contributed by atoms with van der Waals surface area (Å²) in [6.07, 6.45) is 0. The van der Waals surface area contributed by atoms with Crippen LogP contribution in [0.5, 0.6) is 0 Å². The second-order valence-electron chi connectivity index (χ2n) is 7.19. The molecule has 0 radical (unpaired) electrons. The summed E-state index contributed by atoms with van der Waals surface area (Å²) < 4.78 is 16.0. The Kier molecular flexibility index (Phi) is 6.40. The monoisotopic (exact) mass is 359 g/mol. The molecule has 2 rings (SSSR count). The Labute approximate surface area is 155 Å². The Morgan fingerprint density at radius 2 is 1.92 bits per heavy atom. The van der Waals surface area contributed by atoms with Crippen molar-refractivity contribution in [3.8, 4) is 0 Å². The molecule has 0 aliphatic heterocycles. The first-order chi connectivity index (χ1) is 12.3. The quantitative estimate of drug-likeness (QED) is 0.615. The molecule has 1 aromatic carbocycles. The number of aliphatic imine (C=N–C) groups is 1. The highest BCUT2D eigenvalue weighted by Crippen LogP contribution is 2.24. The zero-order valence-corrected chi connectivity index (χ0v) is 16.7. The minimum Gasteiger partial charge on any atom is -0.357 e. The lowest BCUT2D eigenvalue weighted by Gasteiger charge is -2.27. The van der Waals surface area contributed by atoms with Crippen molar-refractivity contribution in [3.63, 3.8) is 0 Å². The molecule has 2 N–H and O–H groups in total. The average molecular weight is 359 g/mol. The van der Waals surface area contributed by atoms with Crippen LogP contribution in [0.3, 0.4) is 0 Å². The van der Waals surface area contributed by atoms with Gasteiger partial charge in [0.15, 0.2) is 5.96 Å². The number of aryl methyl sites for hydroxylation is 2. The lowest BCUT2D eigenvalue weighted by molar-refractivity contribution is 0.473. The van der Waals surface area contributed by atoms with E-state index in [2.05, 4.69) is 20.7 Å². The molecule has 0 amide bonds. The number of nitrogens with one attached hydrogen (secondary N) is 2. The third-order valence-electron chi connectivity index (χ3n) is 4.70. The highest BCUT2D eigenvalue weighted by atomic mass is 19.1. The zero-order valence-electron chi connectivity index (χ0n) is 16.7. The second kappa shape index (κ2) is 8.34. The van der Waals surface area contributed by atoms with E-state index >= 15 is 0 Å². The van der Waals surface area contributed by atoms with Gasteiger partial charge in [0.05, 0.1) is 12.2 Å². The van der Waals surface area contributed by atoms with Crippen LogP contribution in [-0.4, -0.2) is 28.8 Å². The van der Waals surface area contributed by atoms with Gasteiger partial charge in [-0.25, -0.2) is 9.38 Å². The lowest BCUT2D eigenvalue weighted by atomic mass is 9.84. The Balaban J connectivity index is 2.11. The molecule has 0 atom stereocenters. The summed E-state index contributed by atoms with van der Waals surface area (Å²) in [6, 6.07) is 6.92. The van der Waals surface area contributed by atoms with E-state index in [1.165, 1.54) is 6.07 Å². The normalized spacial score (nSPS) is 12.3. The van der Waals surface area contributed by atoms with Crippen LogP contribution < -0.4 is 10.6 Å². The van der Waals surface area contributed by atoms with Gasteiger partial charge in [-0.1, -0.05) is 32.0 Å². The molecule has 2 aromatic rings. The van der Waals surface area contributed by atoms with Gasteiger partial charge in [0.25, 0.3) is 0 Å². The van der Waals surface area contributed by atoms with Gasteiger partial charge in [0.1, 0.15) is 5.82 Å². The minimum absolute atomic E-state index is 0.178. The van der Waals surface area contributed by atoms with E-state index in [1.807, 2.05) is 58.5 Å². The van der Waals surface area contributed by atoms with E-state index in [4.69, 9.17) is 0 Å². The fourth-order valence-electron chi connectivity index (χ4n) is 2.96. The Hall–Kier alpha value is -2.37. The third-order valence-corrected chi connectivity index (χ3v) is 4.70. The predicted molar refractivity (Wildman–Crippen MR) is 105 cm³/mol. The van der Waals surface area contributed by atoms with Gasteiger partial charge in [0.2, 0.25) is 0 Å². The van der Waals surface area contributed by atoms with E-state index in [9.17, 15) is 4.39 Å². The summed E-state index contributed by atoms with van der Waals surface area (Å²) >= 11 is 0. The molecular formula is C20H30FN5. The van der Waals surface area contributed by atoms with Crippen molar-refractivity contribution in [2.45, 2.75) is 46.6 Å². The Morgan fingerprint density at radius 3 is 2.50 bits per heavy atom. The summed E-state index contributed by atoms with van der Waals surface area (Å²) in [5, 5.41) is 11.0. The standard InChI is InChI=1S/C20H30FN5/c1-7-22-19(23-12-16-14(2)25-26(6)15(16)3)24-13-20(4,5)17-10-8-9-11-18(17)21/h8-11H,7,12-13H2,1-6H3,(H2,22,23,24). The molecule has 142 valence electrons. The van der Waals surface area contributed by atoms with Gasteiger partial charge in [0, 0.05) is 36.8 Å². The van der Waals surface area contributed by atoms with Crippen LogP contribution in [0.2, 0.25) is 0 Å². The average Bonchev–Trinajstić information content (AvgIpc) is 2.83. The van der Waals surface area contributed by atoms with E-state index in [-0.39, 0.29) is 11.2 Å². The van der Waals surface area contributed by atoms with Gasteiger partial charge < -0.3 is 10.6 Å². The van der Waals surface area contributed by atoms with E-state index in [0.717, 1.165) is 29.5 Å². The molecule has 1 heterocycles. The van der Waals surface area contributed by atoms with Crippen LogP contribution in [-0.2, 0) is 19.0 Å². The Morgan fingerprint density at radius 1 is 1.23 bits per heavy atom. The molecule has 0 aliphatic carbocycles. The number of guanidine groups is 1. The molecule has 0 spiro atoms. The van der Waals surface area contributed by atoms with E-state index in [1.54, 1.807) is 6.07 Å². The zero-order chi connectivity index (χ0) is 19.3. The molecular weight excluding hydrogens is 329 g/mol. The summed E-state index contributed by atoms with van der Waals surface area (Å²) in [5.41, 5.74) is 3.59. The number of nitrogens with zero attached hydrogens (tertiary/aromatic N) is 3. The SMILES string of the molecule is CCNC(=NCc1c(C)nn(C)c1C)NCC(C)(C)c1ccccc1F. The maximum absolute atomic E-state index is 14.1. The molecule has 0 bridgehead atoms. The molecule has 1 aromatic heterocycles. The van der Waals surface area contributed by atoms with Crippen LogP contribution in [0.25, 0.3) is 0 Å². The predicted octanol–water partition coefficient (Wildman–Crippen LogP) is 3.21. The van der Waals surface area contributed by atoms with E-state index < -0.39 is 0 Å². The molecule has 0 aliphatic rings. The van der Waals surface area contributed by atoms with Gasteiger partial charge in [-0.05, 0) is 32.4 Å². The third kappa shape index (κ3) is 4.62. The van der Waals surface area contributed by atoms with Crippen LogP contribution >= 0.6 is 0 Å². The summed E-state index contributed by atoms with van der Waals surface area (Å²) in [7, 11) is 1.94. The lowest BCUT2D eigenvalue weighted by Crippen LogP contribution is -2.43. The van der Waals surface area contributed by atoms with Crippen molar-refractivity contribution in [1.82, 2.24) is 20.4 Å². The van der Waals surface area contributed by atoms with Gasteiger partial charge in [-0.15, -0.1) is 0 Å². The van der Waals surface area contributed by atoms with Gasteiger partial charge in [-0.3, -0.25) is 4.68 Å². The number of benzene rings is 1. The Bertz CT molecular complexity index is 777. The molecule has 0 unspecified atom stereocenters. The number of aromatic nitrogens is 2. The first kappa shape index (κ1) is 19.9. The molecule has 0 fully saturated rings. The van der Waals surface area contributed by atoms with Gasteiger partial charge in [-0.2, -0.15) is 5.10 Å². The number of halogens is 1. The van der Waals surface area contributed by atoms with Crippen LogP contribution in [0.4, 0.5) is 4.39 Å². The number of hydrogen-bond donors (Lipinski definition) is 2. The largest absolute Gasteiger partial charge is 0.357 e. The molecule has 0 saturated carbocycles. The maximum atomic E-state index is 14.1. The van der Waals surface area contributed by atoms with Crippen molar-refractivity contribution in [2.75, 3.05) is 13.1 Å². The van der Waals surface area contributed by atoms with E-state index in [0.29, 0.717) is 18.7 Å². The first-order valence-corrected chi connectivity index (χ1v) is 9.02. The van der Waals surface area contributed by atoms with Crippen molar-refractivity contribution < 1.29 is 4.39 Å². The van der Waals surface area contributed by atoms with Crippen molar-refractivity contribution in [1.29, 1.82) is 0 Å². The number of hydrogen-bond acceptors (Lipinski definition) is 2. The molecule has 26 heavy (non-hydrogen) atoms. The van der Waals surface area contributed by atoms with Crippen molar-refractivity contribution in [2.24, 2.45) is 12.0 Å². The minimum atomic E-state index is -0.359. The molecule has 6 heteroatoms. The maximum Gasteiger partial charge on any atom is 0.191 e. The summed E-state index contributed by atoms with van der Waals surface area (Å²) in [5.74, 6) is 0.544. The van der Waals surface area contributed by atoms with Crippen LogP contribution in [0.15, 0.2) is 29.3 Å². The fraction of sp³-hybridized carbons (Fsp3) is 0.500. The highest BCUT2D eigenvalue weighted by molar-refractivity contribution is 5.79. The van der Waals surface area contributed by atoms with Gasteiger partial charge >= 0.3 is 0 Å². The highest BCUT2D eigenvalue weighted by Gasteiger charge is 2.24. The molecule has 5 nitrogen and oxygen atoms in total. The summed E-state index contributed by atoms with van der Waals surface area (Å²) in [6.45, 7) is 12.0. The fourth-order valence-corrected chi connectivity index (χ4v) is 2.96. The smallest absolute Gasteiger partial charge is 0.191 e. The molecule has 0 saturated heterocycles. The van der Waals surface area contributed by atoms with Crippen molar-refractivity contribution >= 4 is 5.96 Å². The summed E-state index contributed by atoms with van der Waals surface area (Å²) in [4.78, 5) is 4.69. The van der Waals surface area contributed by atoms with Crippen molar-refractivity contribution in [3.05, 3.63) is 52.6 Å². The van der Waals surface area contributed by atoms with Crippen LogP contribution in [0, 0.1) is 19.7 Å². The van der Waals surface area contributed by atoms with Crippen LogP contribution in [0.1, 0.15) is 43.3 Å². The number of rotatable bonds is 6.